The standard InChI is InChI=1S/C26H28O/c1-18(2)16-19-8-10-21(11-9-19)26-24(20-6-4-3-5-7-20)14-12-22-17-23(27)13-15-25(22)26/h3-11,13,15,17-18,24,26-27H,12,14,16H2,1-2H3/t24?,26-/m0/s1. The molecular formula is C26H28O. The van der Waals surface area contributed by atoms with Crippen molar-refractivity contribution in [3.8, 4) is 5.75 Å². The van der Waals surface area contributed by atoms with Crippen LogP contribution in [0.4, 0.5) is 0 Å². The Balaban J connectivity index is 1.77. The highest BCUT2D eigenvalue weighted by Crippen LogP contribution is 2.46. The van der Waals surface area contributed by atoms with E-state index in [2.05, 4.69) is 74.5 Å². The predicted molar refractivity (Wildman–Crippen MR) is 112 cm³/mol. The lowest BCUT2D eigenvalue weighted by atomic mass is 9.69. The molecule has 1 N–H and O–H groups in total. The van der Waals surface area contributed by atoms with Crippen molar-refractivity contribution in [1.29, 1.82) is 0 Å². The summed E-state index contributed by atoms with van der Waals surface area (Å²) in [6.45, 7) is 4.53. The molecule has 3 aromatic carbocycles. The number of hydrogen-bond acceptors (Lipinski definition) is 1. The normalized spacial score (nSPS) is 19.1. The number of benzene rings is 3. The maximum absolute atomic E-state index is 9.95. The predicted octanol–water partition coefficient (Wildman–Crippen LogP) is 6.45. The summed E-state index contributed by atoms with van der Waals surface area (Å²) in [5, 5.41) is 9.95. The van der Waals surface area contributed by atoms with Gasteiger partial charge in [-0.25, -0.2) is 0 Å². The first kappa shape index (κ1) is 17.9. The largest absolute Gasteiger partial charge is 0.508 e. The van der Waals surface area contributed by atoms with Crippen LogP contribution in [0.15, 0.2) is 72.8 Å². The van der Waals surface area contributed by atoms with E-state index in [0.717, 1.165) is 19.3 Å². The van der Waals surface area contributed by atoms with E-state index in [9.17, 15) is 5.11 Å². The molecule has 27 heavy (non-hydrogen) atoms. The van der Waals surface area contributed by atoms with Gasteiger partial charge in [-0.2, -0.15) is 0 Å². The number of phenols is 1. The fraction of sp³-hybridized carbons (Fsp3) is 0.308. The zero-order valence-corrected chi connectivity index (χ0v) is 16.2. The molecule has 0 saturated heterocycles. The molecule has 0 amide bonds. The maximum atomic E-state index is 9.95. The van der Waals surface area contributed by atoms with Gasteiger partial charge in [0, 0.05) is 5.92 Å². The number of rotatable bonds is 4. The summed E-state index contributed by atoms with van der Waals surface area (Å²) in [4.78, 5) is 0. The molecule has 0 saturated carbocycles. The Morgan fingerprint density at radius 1 is 0.889 bits per heavy atom. The van der Waals surface area contributed by atoms with Crippen LogP contribution in [-0.4, -0.2) is 5.11 Å². The van der Waals surface area contributed by atoms with Crippen molar-refractivity contribution >= 4 is 0 Å². The number of hydrogen-bond donors (Lipinski definition) is 1. The van der Waals surface area contributed by atoms with Gasteiger partial charge in [0.15, 0.2) is 0 Å². The first-order valence-electron chi connectivity index (χ1n) is 10.1. The third-order valence-corrected chi connectivity index (χ3v) is 5.80. The first-order valence-corrected chi connectivity index (χ1v) is 10.1. The molecule has 2 atom stereocenters. The molecule has 138 valence electrons. The minimum absolute atomic E-state index is 0.338. The molecular weight excluding hydrogens is 328 g/mol. The molecule has 1 unspecified atom stereocenters. The van der Waals surface area contributed by atoms with Gasteiger partial charge in [0.25, 0.3) is 0 Å². The van der Waals surface area contributed by atoms with Crippen LogP contribution in [-0.2, 0) is 12.8 Å². The Hall–Kier alpha value is -2.54. The van der Waals surface area contributed by atoms with Gasteiger partial charge in [0.05, 0.1) is 0 Å². The summed E-state index contributed by atoms with van der Waals surface area (Å²) in [5.41, 5.74) is 6.85. The van der Waals surface area contributed by atoms with Crippen LogP contribution in [0.3, 0.4) is 0 Å². The van der Waals surface area contributed by atoms with E-state index in [-0.39, 0.29) is 0 Å². The van der Waals surface area contributed by atoms with E-state index < -0.39 is 0 Å². The van der Waals surface area contributed by atoms with E-state index in [0.29, 0.717) is 23.5 Å². The zero-order chi connectivity index (χ0) is 18.8. The van der Waals surface area contributed by atoms with E-state index in [4.69, 9.17) is 0 Å². The molecule has 1 heteroatoms. The van der Waals surface area contributed by atoms with Crippen molar-refractivity contribution in [3.05, 3.63) is 101 Å². The van der Waals surface area contributed by atoms with Gasteiger partial charge in [-0.3, -0.25) is 0 Å². The summed E-state index contributed by atoms with van der Waals surface area (Å²) in [6, 6.07) is 26.1. The minimum atomic E-state index is 0.338. The lowest BCUT2D eigenvalue weighted by molar-refractivity contribution is 0.469. The lowest BCUT2D eigenvalue weighted by Crippen LogP contribution is -2.20. The molecule has 1 aliphatic carbocycles. The molecule has 0 fully saturated rings. The average Bonchev–Trinajstić information content (AvgIpc) is 2.68. The topological polar surface area (TPSA) is 20.2 Å². The van der Waals surface area contributed by atoms with Crippen molar-refractivity contribution in [2.24, 2.45) is 5.92 Å². The van der Waals surface area contributed by atoms with Crippen molar-refractivity contribution in [1.82, 2.24) is 0 Å². The Bertz CT molecular complexity index is 893. The van der Waals surface area contributed by atoms with Gasteiger partial charge in [-0.05, 0) is 71.0 Å². The lowest BCUT2D eigenvalue weighted by Gasteiger charge is -2.35. The van der Waals surface area contributed by atoms with E-state index in [1.54, 1.807) is 0 Å². The van der Waals surface area contributed by atoms with Crippen molar-refractivity contribution in [3.63, 3.8) is 0 Å². The van der Waals surface area contributed by atoms with Gasteiger partial charge in [-0.1, -0.05) is 74.5 Å². The maximum Gasteiger partial charge on any atom is 0.115 e. The molecule has 1 nitrogen and oxygen atoms in total. The van der Waals surface area contributed by atoms with Crippen LogP contribution in [0.1, 0.15) is 59.9 Å². The van der Waals surface area contributed by atoms with Gasteiger partial charge in [0.2, 0.25) is 0 Å². The summed E-state index contributed by atoms with van der Waals surface area (Å²) in [6.07, 6.45) is 3.25. The molecule has 1 aliphatic rings. The highest BCUT2D eigenvalue weighted by molar-refractivity contribution is 5.47. The molecule has 0 aromatic heterocycles. The monoisotopic (exact) mass is 356 g/mol. The molecule has 0 radical (unpaired) electrons. The highest BCUT2D eigenvalue weighted by atomic mass is 16.3. The van der Waals surface area contributed by atoms with Crippen LogP contribution in [0, 0.1) is 5.92 Å². The number of aromatic hydroxyl groups is 1. The zero-order valence-electron chi connectivity index (χ0n) is 16.2. The van der Waals surface area contributed by atoms with Crippen molar-refractivity contribution in [2.45, 2.75) is 44.9 Å². The first-order chi connectivity index (χ1) is 13.1. The van der Waals surface area contributed by atoms with E-state index in [1.165, 1.54) is 27.8 Å². The van der Waals surface area contributed by atoms with Crippen LogP contribution < -0.4 is 0 Å². The van der Waals surface area contributed by atoms with Crippen molar-refractivity contribution < 1.29 is 5.11 Å². The Morgan fingerprint density at radius 3 is 2.33 bits per heavy atom. The second-order valence-electron chi connectivity index (χ2n) is 8.26. The average molecular weight is 357 g/mol. The Labute approximate surface area is 162 Å². The Kier molecular flexibility index (Phi) is 5.03. The van der Waals surface area contributed by atoms with Gasteiger partial charge in [-0.15, -0.1) is 0 Å². The Morgan fingerprint density at radius 2 is 1.63 bits per heavy atom. The van der Waals surface area contributed by atoms with Crippen LogP contribution in [0.2, 0.25) is 0 Å². The minimum Gasteiger partial charge on any atom is -0.508 e. The van der Waals surface area contributed by atoms with Crippen LogP contribution >= 0.6 is 0 Å². The number of fused-ring (bicyclic) bond motifs is 1. The summed E-state index contributed by atoms with van der Waals surface area (Å²) in [7, 11) is 0. The van der Waals surface area contributed by atoms with Crippen LogP contribution in [0.5, 0.6) is 5.75 Å². The van der Waals surface area contributed by atoms with Crippen LogP contribution in [0.25, 0.3) is 0 Å². The molecule has 0 bridgehead atoms. The molecule has 3 aromatic rings. The van der Waals surface area contributed by atoms with E-state index >= 15 is 0 Å². The fourth-order valence-electron chi connectivity index (χ4n) is 4.61. The summed E-state index contributed by atoms with van der Waals surface area (Å²) < 4.78 is 0. The molecule has 0 spiro atoms. The second-order valence-corrected chi connectivity index (χ2v) is 8.26. The molecule has 0 heterocycles. The van der Waals surface area contributed by atoms with Crippen molar-refractivity contribution in [2.75, 3.05) is 0 Å². The second kappa shape index (κ2) is 7.60. The quantitative estimate of drug-likeness (QED) is 0.569. The third-order valence-electron chi connectivity index (χ3n) is 5.80. The van der Waals surface area contributed by atoms with E-state index in [1.807, 2.05) is 12.1 Å². The third kappa shape index (κ3) is 3.78. The SMILES string of the molecule is CC(C)Cc1ccc([C@@H]2c3ccc(O)cc3CCC2c2ccccc2)cc1. The fourth-order valence-corrected chi connectivity index (χ4v) is 4.61. The van der Waals surface area contributed by atoms with Gasteiger partial charge in [0.1, 0.15) is 5.75 Å². The molecule has 0 aliphatic heterocycles. The number of phenolic OH excluding ortho intramolecular Hbond substituents is 1. The van der Waals surface area contributed by atoms with Gasteiger partial charge >= 0.3 is 0 Å². The molecule has 4 rings (SSSR count). The summed E-state index contributed by atoms with van der Waals surface area (Å²) in [5.74, 6) is 1.85. The van der Waals surface area contributed by atoms with Gasteiger partial charge < -0.3 is 5.11 Å². The summed E-state index contributed by atoms with van der Waals surface area (Å²) >= 11 is 0. The number of aryl methyl sites for hydroxylation is 1. The highest BCUT2D eigenvalue weighted by Gasteiger charge is 2.32. The smallest absolute Gasteiger partial charge is 0.115 e.